The molecule has 0 aliphatic carbocycles. The van der Waals surface area contributed by atoms with Crippen LogP contribution in [0.4, 0.5) is 21.8 Å². The number of carbonyl (C=O) groups excluding carboxylic acids is 1. The molecule has 6 aromatic rings. The van der Waals surface area contributed by atoms with Crippen LogP contribution in [0.15, 0.2) is 78.2 Å². The Balaban J connectivity index is 1.24. The maximum absolute atomic E-state index is 14.0. The molecule has 0 amide bonds. The average molecular weight is 642 g/mol. The van der Waals surface area contributed by atoms with Gasteiger partial charge in [-0.3, -0.25) is 9.52 Å². The van der Waals surface area contributed by atoms with E-state index in [-0.39, 0.29) is 33.6 Å². The number of aromatic nitrogens is 6. The summed E-state index contributed by atoms with van der Waals surface area (Å²) in [5.41, 5.74) is 9.43. The molecule has 0 saturated carbocycles. The van der Waals surface area contributed by atoms with Gasteiger partial charge < -0.3 is 20.4 Å². The third-order valence-electron chi connectivity index (χ3n) is 7.17. The third-order valence-corrected chi connectivity index (χ3v) is 8.49. The van der Waals surface area contributed by atoms with Crippen molar-refractivity contribution in [2.24, 2.45) is 0 Å². The number of fused-ring (bicyclic) bond motifs is 1. The first-order valence-electron chi connectivity index (χ1n) is 13.8. The molecule has 4 aromatic heterocycles. The summed E-state index contributed by atoms with van der Waals surface area (Å²) in [5.74, 6) is -0.250. The summed E-state index contributed by atoms with van der Waals surface area (Å²) in [6.45, 7) is 3.54. The minimum absolute atomic E-state index is 0.0381. The van der Waals surface area contributed by atoms with Gasteiger partial charge in [-0.25, -0.2) is 32.4 Å². The molecule has 0 saturated heterocycles. The second-order valence-electron chi connectivity index (χ2n) is 10.7. The Kier molecular flexibility index (Phi) is 7.61. The highest BCUT2D eigenvalue weighted by atomic mass is 32.2. The van der Waals surface area contributed by atoms with Crippen molar-refractivity contribution in [2.75, 3.05) is 29.5 Å². The van der Waals surface area contributed by atoms with Gasteiger partial charge in [-0.1, -0.05) is 12.1 Å². The predicted molar refractivity (Wildman–Crippen MR) is 171 cm³/mol. The number of hydrogen-bond acceptors (Lipinski definition) is 10. The number of nitrogens with two attached hydrogens (primary N) is 1. The quantitative estimate of drug-likeness (QED) is 0.187. The van der Waals surface area contributed by atoms with Crippen LogP contribution in [0.2, 0.25) is 0 Å². The summed E-state index contributed by atoms with van der Waals surface area (Å²) in [4.78, 5) is 30.6. The van der Waals surface area contributed by atoms with Crippen LogP contribution in [-0.4, -0.2) is 58.0 Å². The molecule has 0 radical (unpaired) electrons. The Morgan fingerprint density at radius 2 is 1.74 bits per heavy atom. The van der Waals surface area contributed by atoms with Crippen LogP contribution in [0.3, 0.4) is 0 Å². The largest absolute Gasteiger partial charge is 0.436 e. The van der Waals surface area contributed by atoms with Crippen molar-refractivity contribution in [3.63, 3.8) is 0 Å². The number of hydrogen-bond donors (Lipinski definition) is 3. The van der Waals surface area contributed by atoms with Gasteiger partial charge in [0, 0.05) is 31.1 Å². The molecule has 13 nitrogen and oxygen atoms in total. The Morgan fingerprint density at radius 1 is 1.00 bits per heavy atom. The van der Waals surface area contributed by atoms with Crippen LogP contribution in [0.25, 0.3) is 16.6 Å². The van der Waals surface area contributed by atoms with E-state index in [0.717, 1.165) is 0 Å². The van der Waals surface area contributed by atoms with E-state index < -0.39 is 21.6 Å². The third kappa shape index (κ3) is 5.70. The highest BCUT2D eigenvalue weighted by molar-refractivity contribution is 7.92. The number of nitrogens with one attached hydrogen (secondary N) is 2. The van der Waals surface area contributed by atoms with E-state index in [4.69, 9.17) is 10.5 Å². The number of carbonyl (C=O) groups is 1. The molecule has 15 heteroatoms. The van der Waals surface area contributed by atoms with Gasteiger partial charge >= 0.3 is 0 Å². The summed E-state index contributed by atoms with van der Waals surface area (Å²) in [7, 11) is -0.483. The molecule has 0 aliphatic heterocycles. The van der Waals surface area contributed by atoms with Crippen LogP contribution < -0.4 is 20.1 Å². The Labute approximate surface area is 262 Å². The smallest absolute Gasteiger partial charge is 0.264 e. The lowest BCUT2D eigenvalue weighted by Crippen LogP contribution is -2.17. The van der Waals surface area contributed by atoms with Crippen molar-refractivity contribution >= 4 is 44.2 Å². The Hall–Kier alpha value is -5.83. The van der Waals surface area contributed by atoms with E-state index in [9.17, 15) is 17.6 Å². The first kappa shape index (κ1) is 30.2. The topological polar surface area (TPSA) is 174 Å². The van der Waals surface area contributed by atoms with Gasteiger partial charge in [0.2, 0.25) is 17.6 Å². The number of ketones is 1. The maximum Gasteiger partial charge on any atom is 0.264 e. The maximum atomic E-state index is 14.0. The molecule has 4 N–H and O–H groups in total. The number of nitrogen functional groups attached to an aromatic ring is 1. The molecular formula is C31H28FN9O4S. The van der Waals surface area contributed by atoms with Crippen LogP contribution >= 0.6 is 0 Å². The van der Waals surface area contributed by atoms with Gasteiger partial charge in [0.1, 0.15) is 10.7 Å². The fourth-order valence-electron chi connectivity index (χ4n) is 4.72. The van der Waals surface area contributed by atoms with E-state index in [1.807, 2.05) is 0 Å². The normalized spacial score (nSPS) is 11.5. The number of benzene rings is 2. The van der Waals surface area contributed by atoms with Crippen LogP contribution in [0.1, 0.15) is 27.2 Å². The van der Waals surface area contributed by atoms with E-state index >= 15 is 0 Å². The summed E-state index contributed by atoms with van der Waals surface area (Å²) in [6, 6.07) is 12.6. The van der Waals surface area contributed by atoms with Crippen molar-refractivity contribution < 1.29 is 22.3 Å². The minimum Gasteiger partial charge on any atom is -0.436 e. The zero-order valence-electron chi connectivity index (χ0n) is 25.1. The molecule has 234 valence electrons. The minimum atomic E-state index is -3.98. The van der Waals surface area contributed by atoms with Gasteiger partial charge in [0.05, 0.1) is 47.4 Å². The lowest BCUT2D eigenvalue weighted by atomic mass is 10.1. The van der Waals surface area contributed by atoms with Crippen LogP contribution in [0, 0.1) is 19.7 Å². The molecule has 6 rings (SSSR count). The number of H-pyrrole nitrogens is 1. The second-order valence-corrected chi connectivity index (χ2v) is 12.4. The van der Waals surface area contributed by atoms with Crippen LogP contribution in [-0.2, 0) is 10.0 Å². The van der Waals surface area contributed by atoms with Crippen molar-refractivity contribution in [2.45, 2.75) is 18.7 Å². The number of anilines is 3. The molecule has 0 bridgehead atoms. The summed E-state index contributed by atoms with van der Waals surface area (Å²) in [5, 5.41) is 5.01. The van der Waals surface area contributed by atoms with Gasteiger partial charge in [0.15, 0.2) is 11.6 Å². The van der Waals surface area contributed by atoms with E-state index in [2.05, 4.69) is 29.8 Å². The fraction of sp³-hybridized carbons (Fsp3) is 0.129. The number of pyridine rings is 1. The number of ether oxygens (including phenoxy) is 1. The van der Waals surface area contributed by atoms with E-state index in [1.54, 1.807) is 69.2 Å². The Bertz CT molecular complexity index is 2230. The van der Waals surface area contributed by atoms with Crippen LogP contribution in [0.5, 0.6) is 11.6 Å². The summed E-state index contributed by atoms with van der Waals surface area (Å²) >= 11 is 0. The second kappa shape index (κ2) is 11.6. The number of aryl methyl sites for hydroxylation is 2. The molecule has 0 spiro atoms. The number of para-hydroxylation sites is 1. The van der Waals surface area contributed by atoms with Gasteiger partial charge in [-0.15, -0.1) is 0 Å². The van der Waals surface area contributed by atoms with Gasteiger partial charge in [0.25, 0.3) is 10.0 Å². The molecule has 2 aromatic carbocycles. The molecule has 0 atom stereocenters. The molecule has 0 aliphatic rings. The van der Waals surface area contributed by atoms with Crippen molar-refractivity contribution in [1.82, 2.24) is 29.7 Å². The lowest BCUT2D eigenvalue weighted by molar-refractivity contribution is 0.103. The highest BCUT2D eigenvalue weighted by Gasteiger charge is 2.22. The van der Waals surface area contributed by atoms with E-state index in [0.29, 0.717) is 39.4 Å². The number of sulfonamides is 1. The average Bonchev–Trinajstić information content (AvgIpc) is 3.61. The number of rotatable bonds is 9. The Morgan fingerprint density at radius 3 is 2.43 bits per heavy atom. The summed E-state index contributed by atoms with van der Waals surface area (Å²) in [6.07, 6.45) is 5.31. The molecule has 0 fully saturated rings. The van der Waals surface area contributed by atoms with E-state index in [1.165, 1.54) is 41.6 Å². The number of aromatic amines is 1. The first-order valence-corrected chi connectivity index (χ1v) is 15.3. The fourth-order valence-corrected chi connectivity index (χ4v) is 5.73. The summed E-state index contributed by atoms with van der Waals surface area (Å²) < 4.78 is 49.6. The molecule has 4 heterocycles. The molecular weight excluding hydrogens is 613 g/mol. The van der Waals surface area contributed by atoms with Crippen molar-refractivity contribution in [3.8, 4) is 17.3 Å². The monoisotopic (exact) mass is 641 g/mol. The highest BCUT2D eigenvalue weighted by Crippen LogP contribution is 2.30. The standard InChI is InChI=1S/C31H28FN9O4S/c1-17-9-19-11-25(38-24(19)12-23(17)39-46(43,44)20-13-35-31(36-14-20)40(3)4)29(42)21-15-37-41(30(21)33)26-16-34-28(10-18(26)2)45-27-8-6-5-7-22(27)32/h5-16,38-39H,33H2,1-4H3. The molecule has 0 unspecified atom stereocenters. The number of halogens is 1. The number of nitrogens with zero attached hydrogens (tertiary/aromatic N) is 6. The van der Waals surface area contributed by atoms with Crippen molar-refractivity contribution in [1.29, 1.82) is 0 Å². The predicted octanol–water partition coefficient (Wildman–Crippen LogP) is 4.77. The zero-order chi connectivity index (χ0) is 32.7. The zero-order valence-corrected chi connectivity index (χ0v) is 25.9. The SMILES string of the molecule is Cc1cc2cc(C(=O)c3cnn(-c4cnc(Oc5ccccc5F)cc4C)c3N)[nH]c2cc1NS(=O)(=O)c1cnc(N(C)C)nc1. The van der Waals surface area contributed by atoms with Gasteiger partial charge in [-0.2, -0.15) is 5.10 Å². The lowest BCUT2D eigenvalue weighted by Gasteiger charge is -2.12. The van der Waals surface area contributed by atoms with Gasteiger partial charge in [-0.05, 0) is 55.3 Å². The molecule has 46 heavy (non-hydrogen) atoms. The van der Waals surface area contributed by atoms with Crippen molar-refractivity contribution in [3.05, 3.63) is 102 Å². The first-order chi connectivity index (χ1) is 21.9.